The Morgan fingerprint density at radius 2 is 1.44 bits per heavy atom. The fourth-order valence-electron chi connectivity index (χ4n) is 0.428. The molecule has 0 saturated heterocycles. The summed E-state index contributed by atoms with van der Waals surface area (Å²) in [6.45, 7) is 0. The minimum absolute atomic E-state index is 0. The van der Waals surface area contributed by atoms with Crippen molar-refractivity contribution in [1.29, 1.82) is 0 Å². The minimum Gasteiger partial charge on any atom is -0.508 e. The summed E-state index contributed by atoms with van der Waals surface area (Å²) in [4.78, 5) is 0. The summed E-state index contributed by atoms with van der Waals surface area (Å²) < 4.78 is 0. The fraction of sp³-hybridized carbons (Fsp3) is 0. The molecule has 0 saturated carbocycles. The van der Waals surface area contributed by atoms with E-state index in [0.717, 1.165) is 0 Å². The fourth-order valence-corrected chi connectivity index (χ4v) is 0.428. The van der Waals surface area contributed by atoms with Crippen molar-refractivity contribution in [1.82, 2.24) is 0 Å². The molecule has 0 heterocycles. The number of aromatic hydroxyl groups is 1. The van der Waals surface area contributed by atoms with Crippen molar-refractivity contribution in [3.05, 3.63) is 30.3 Å². The normalized spacial score (nSPS) is 6.67. The second-order valence-corrected chi connectivity index (χ2v) is 1.34. The van der Waals surface area contributed by atoms with E-state index in [9.17, 15) is 0 Å². The standard InChI is InChI=1S/C6H6O.Al.Ti.3H/c7-6-4-2-1-3-5-6;;;;;/h1-5,7H;;;;;. The van der Waals surface area contributed by atoms with Gasteiger partial charge in [0.2, 0.25) is 0 Å². The van der Waals surface area contributed by atoms with Gasteiger partial charge in [0.25, 0.3) is 0 Å². The van der Waals surface area contributed by atoms with Crippen LogP contribution in [0.25, 0.3) is 0 Å². The molecular weight excluding hydrogens is 163 g/mol. The molecule has 46 valence electrons. The number of hydrogen-bond donors (Lipinski definition) is 1. The maximum absolute atomic E-state index is 8.63. The molecular formula is C6H9AlOTi. The molecule has 1 aromatic rings. The van der Waals surface area contributed by atoms with Crippen LogP contribution >= 0.6 is 0 Å². The van der Waals surface area contributed by atoms with Gasteiger partial charge in [0.05, 0.1) is 0 Å². The van der Waals surface area contributed by atoms with Crippen molar-refractivity contribution in [3.63, 3.8) is 0 Å². The molecule has 0 unspecified atom stereocenters. The van der Waals surface area contributed by atoms with E-state index in [1.165, 1.54) is 0 Å². The smallest absolute Gasteiger partial charge is 0.187 e. The predicted molar refractivity (Wildman–Crippen MR) is 38.0 cm³/mol. The third kappa shape index (κ3) is 4.75. The predicted octanol–water partition coefficient (Wildman–Crippen LogP) is 0.206. The Bertz CT molecular complexity index is 143. The van der Waals surface area contributed by atoms with E-state index in [0.29, 0.717) is 5.75 Å². The average Bonchev–Trinajstić information content (AvgIpc) is 1.69. The van der Waals surface area contributed by atoms with Crippen molar-refractivity contribution < 1.29 is 26.8 Å². The third-order valence-electron chi connectivity index (χ3n) is 0.756. The second kappa shape index (κ2) is 6.39. The van der Waals surface area contributed by atoms with Crippen molar-refractivity contribution in [2.45, 2.75) is 0 Å². The van der Waals surface area contributed by atoms with Crippen LogP contribution < -0.4 is 0 Å². The Morgan fingerprint density at radius 3 is 1.67 bits per heavy atom. The number of para-hydroxylation sites is 1. The number of hydrogen-bond acceptors (Lipinski definition) is 1. The van der Waals surface area contributed by atoms with Gasteiger partial charge in [0.15, 0.2) is 17.4 Å². The zero-order valence-corrected chi connectivity index (χ0v) is 5.90. The summed E-state index contributed by atoms with van der Waals surface area (Å²) in [7, 11) is 0. The molecule has 0 atom stereocenters. The molecule has 0 radical (unpaired) electrons. The van der Waals surface area contributed by atoms with Crippen molar-refractivity contribution in [3.8, 4) is 5.75 Å². The molecule has 0 amide bonds. The molecule has 1 N–H and O–H groups in total. The third-order valence-corrected chi connectivity index (χ3v) is 0.756. The molecule has 9 heavy (non-hydrogen) atoms. The molecule has 0 aliphatic heterocycles. The summed E-state index contributed by atoms with van der Waals surface area (Å²) in [5.74, 6) is 0.322. The summed E-state index contributed by atoms with van der Waals surface area (Å²) in [5, 5.41) is 8.63. The second-order valence-electron chi connectivity index (χ2n) is 1.34. The Labute approximate surface area is 80.1 Å². The number of phenols is 1. The zero-order chi connectivity index (χ0) is 5.11. The summed E-state index contributed by atoms with van der Waals surface area (Å²) >= 11 is 0. The Balaban J connectivity index is 0. The molecule has 0 fully saturated rings. The van der Waals surface area contributed by atoms with E-state index in [4.69, 9.17) is 5.11 Å². The first kappa shape index (κ1) is 12.0. The van der Waals surface area contributed by atoms with Crippen LogP contribution in [0, 0.1) is 0 Å². The van der Waals surface area contributed by atoms with E-state index >= 15 is 0 Å². The zero-order valence-electron chi connectivity index (χ0n) is 4.33. The summed E-state index contributed by atoms with van der Waals surface area (Å²) in [6.07, 6.45) is 0. The largest absolute Gasteiger partial charge is 0.508 e. The monoisotopic (exact) mass is 172 g/mol. The first-order valence-corrected chi connectivity index (χ1v) is 2.13. The molecule has 1 rings (SSSR count). The Hall–Kier alpha value is 0.267. The maximum Gasteiger partial charge on any atom is 0.187 e. The summed E-state index contributed by atoms with van der Waals surface area (Å²) in [6, 6.07) is 8.71. The van der Waals surface area contributed by atoms with Gasteiger partial charge in [-0.1, -0.05) is 18.2 Å². The molecule has 0 spiro atoms. The molecule has 0 aliphatic rings. The quantitative estimate of drug-likeness (QED) is 0.554. The van der Waals surface area contributed by atoms with E-state index < -0.39 is 0 Å². The van der Waals surface area contributed by atoms with Crippen LogP contribution in [-0.4, -0.2) is 22.5 Å². The van der Waals surface area contributed by atoms with Crippen LogP contribution in [0.3, 0.4) is 0 Å². The van der Waals surface area contributed by atoms with Gasteiger partial charge in [0.1, 0.15) is 5.75 Å². The molecule has 1 aromatic carbocycles. The van der Waals surface area contributed by atoms with E-state index in [1.807, 2.05) is 6.07 Å². The van der Waals surface area contributed by atoms with Crippen LogP contribution in [0.4, 0.5) is 0 Å². The molecule has 0 bridgehead atoms. The number of rotatable bonds is 0. The molecule has 3 heteroatoms. The summed E-state index contributed by atoms with van der Waals surface area (Å²) in [5.41, 5.74) is 0. The Kier molecular flexibility index (Phi) is 8.51. The van der Waals surface area contributed by atoms with Crippen molar-refractivity contribution in [2.75, 3.05) is 0 Å². The van der Waals surface area contributed by atoms with Crippen LogP contribution in [0.2, 0.25) is 0 Å². The van der Waals surface area contributed by atoms with E-state index in [-0.39, 0.29) is 39.1 Å². The van der Waals surface area contributed by atoms with Gasteiger partial charge >= 0.3 is 0 Å². The number of benzene rings is 1. The molecule has 1 nitrogen and oxygen atoms in total. The first-order chi connectivity index (χ1) is 3.39. The van der Waals surface area contributed by atoms with Gasteiger partial charge in [-0.2, -0.15) is 0 Å². The van der Waals surface area contributed by atoms with Gasteiger partial charge < -0.3 is 5.11 Å². The van der Waals surface area contributed by atoms with Crippen LogP contribution in [0.1, 0.15) is 0 Å². The Morgan fingerprint density at radius 1 is 1.00 bits per heavy atom. The van der Waals surface area contributed by atoms with Crippen LogP contribution in [0.15, 0.2) is 30.3 Å². The van der Waals surface area contributed by atoms with Gasteiger partial charge in [-0.05, 0) is 12.1 Å². The van der Waals surface area contributed by atoms with Crippen molar-refractivity contribution >= 4 is 17.4 Å². The molecule has 0 aliphatic carbocycles. The minimum atomic E-state index is 0. The van der Waals surface area contributed by atoms with Crippen LogP contribution in [-0.2, 0) is 21.7 Å². The van der Waals surface area contributed by atoms with Gasteiger partial charge in [-0.15, -0.1) is 0 Å². The maximum atomic E-state index is 8.63. The van der Waals surface area contributed by atoms with Crippen molar-refractivity contribution in [2.24, 2.45) is 0 Å². The topological polar surface area (TPSA) is 20.2 Å². The molecule has 0 aromatic heterocycles. The number of phenolic OH excluding ortho intramolecular Hbond substituents is 1. The van der Waals surface area contributed by atoms with Gasteiger partial charge in [-0.25, -0.2) is 0 Å². The van der Waals surface area contributed by atoms with Crippen LogP contribution in [0.5, 0.6) is 5.75 Å². The van der Waals surface area contributed by atoms with Gasteiger partial charge in [0, 0.05) is 21.7 Å². The average molecular weight is 172 g/mol. The van der Waals surface area contributed by atoms with E-state index in [2.05, 4.69) is 0 Å². The SMILES string of the molecule is Oc1ccccc1.[AlH3].[Ti]. The van der Waals surface area contributed by atoms with Gasteiger partial charge in [-0.3, -0.25) is 0 Å². The first-order valence-electron chi connectivity index (χ1n) is 2.13. The van der Waals surface area contributed by atoms with E-state index in [1.54, 1.807) is 24.3 Å².